The van der Waals surface area contributed by atoms with Crippen molar-refractivity contribution in [2.75, 3.05) is 5.73 Å². The van der Waals surface area contributed by atoms with Gasteiger partial charge in [0, 0.05) is 17.4 Å². The van der Waals surface area contributed by atoms with Crippen molar-refractivity contribution >= 4 is 5.69 Å². The van der Waals surface area contributed by atoms with E-state index in [0.29, 0.717) is 17.4 Å². The number of nitrogens with zero attached hydrogens (tertiary/aromatic N) is 3. The third kappa shape index (κ3) is 2.18. The number of nitrogen functional groups attached to an aromatic ring is 1. The summed E-state index contributed by atoms with van der Waals surface area (Å²) < 4.78 is 5.26. The largest absolute Gasteiger partial charge is 0.399 e. The number of aryl methyl sites for hydroxylation is 1. The number of rotatable bonds is 2. The van der Waals surface area contributed by atoms with Crippen LogP contribution in [-0.2, 0) is 0 Å². The molecule has 3 aromatic rings. The number of nitrogens with two attached hydrogens (primary N) is 1. The molecule has 5 heteroatoms. The Morgan fingerprint density at radius 3 is 2.79 bits per heavy atom. The SMILES string of the molecule is Cc1cc(-c2nc(-c3ccccn3)no2)ccc1N. The summed E-state index contributed by atoms with van der Waals surface area (Å²) in [6.07, 6.45) is 1.69. The smallest absolute Gasteiger partial charge is 0.258 e. The molecule has 2 heterocycles. The Morgan fingerprint density at radius 1 is 1.16 bits per heavy atom. The second kappa shape index (κ2) is 4.53. The highest BCUT2D eigenvalue weighted by atomic mass is 16.5. The van der Waals surface area contributed by atoms with E-state index in [-0.39, 0.29) is 0 Å². The van der Waals surface area contributed by atoms with Gasteiger partial charge in [-0.25, -0.2) is 0 Å². The minimum atomic E-state index is 0.462. The van der Waals surface area contributed by atoms with E-state index >= 15 is 0 Å². The molecule has 0 atom stereocenters. The standard InChI is InChI=1S/C14H12N4O/c1-9-8-10(5-6-11(9)15)14-17-13(18-19-14)12-4-2-3-7-16-12/h2-8H,15H2,1H3. The molecule has 3 rings (SSSR count). The minimum absolute atomic E-state index is 0.462. The zero-order valence-corrected chi connectivity index (χ0v) is 10.4. The molecule has 0 aliphatic carbocycles. The zero-order valence-electron chi connectivity index (χ0n) is 10.4. The first-order valence-corrected chi connectivity index (χ1v) is 5.85. The number of hydrogen-bond acceptors (Lipinski definition) is 5. The van der Waals surface area contributed by atoms with Crippen molar-refractivity contribution in [1.29, 1.82) is 0 Å². The van der Waals surface area contributed by atoms with Gasteiger partial charge >= 0.3 is 0 Å². The van der Waals surface area contributed by atoms with Gasteiger partial charge in [-0.15, -0.1) is 0 Å². The molecule has 19 heavy (non-hydrogen) atoms. The fourth-order valence-corrected chi connectivity index (χ4v) is 1.75. The van der Waals surface area contributed by atoms with Crippen LogP contribution in [0.3, 0.4) is 0 Å². The second-order valence-corrected chi connectivity index (χ2v) is 4.21. The van der Waals surface area contributed by atoms with Gasteiger partial charge in [-0.1, -0.05) is 11.2 Å². The van der Waals surface area contributed by atoms with Crippen molar-refractivity contribution in [2.45, 2.75) is 6.92 Å². The summed E-state index contributed by atoms with van der Waals surface area (Å²) in [5.41, 5.74) is 9.05. The molecule has 0 saturated heterocycles. The van der Waals surface area contributed by atoms with Crippen LogP contribution >= 0.6 is 0 Å². The quantitative estimate of drug-likeness (QED) is 0.709. The van der Waals surface area contributed by atoms with Crippen molar-refractivity contribution in [2.24, 2.45) is 0 Å². The van der Waals surface area contributed by atoms with Crippen LogP contribution in [0.2, 0.25) is 0 Å². The van der Waals surface area contributed by atoms with Gasteiger partial charge in [0.25, 0.3) is 5.89 Å². The van der Waals surface area contributed by atoms with E-state index in [9.17, 15) is 0 Å². The van der Waals surface area contributed by atoms with Crippen LogP contribution in [0.15, 0.2) is 47.1 Å². The van der Waals surface area contributed by atoms with Gasteiger partial charge in [-0.2, -0.15) is 4.98 Å². The Balaban J connectivity index is 1.99. The highest BCUT2D eigenvalue weighted by molar-refractivity contribution is 5.62. The first kappa shape index (κ1) is 11.4. The van der Waals surface area contributed by atoms with Crippen LogP contribution in [0.1, 0.15) is 5.56 Å². The Kier molecular flexibility index (Phi) is 2.72. The van der Waals surface area contributed by atoms with Crippen LogP contribution in [0.25, 0.3) is 23.0 Å². The topological polar surface area (TPSA) is 77.8 Å². The zero-order chi connectivity index (χ0) is 13.2. The molecule has 0 bridgehead atoms. The Hall–Kier alpha value is -2.69. The van der Waals surface area contributed by atoms with E-state index in [2.05, 4.69) is 15.1 Å². The lowest BCUT2D eigenvalue weighted by atomic mass is 10.1. The molecule has 0 saturated carbocycles. The monoisotopic (exact) mass is 252 g/mol. The fraction of sp³-hybridized carbons (Fsp3) is 0.0714. The lowest BCUT2D eigenvalue weighted by Gasteiger charge is -2.00. The average Bonchev–Trinajstić information content (AvgIpc) is 2.93. The van der Waals surface area contributed by atoms with Crippen LogP contribution in [0, 0.1) is 6.92 Å². The first-order chi connectivity index (χ1) is 9.24. The molecule has 0 radical (unpaired) electrons. The predicted octanol–water partition coefficient (Wildman–Crippen LogP) is 2.69. The van der Waals surface area contributed by atoms with Gasteiger partial charge in [0.1, 0.15) is 5.69 Å². The van der Waals surface area contributed by atoms with E-state index in [1.807, 2.05) is 43.3 Å². The van der Waals surface area contributed by atoms with Crippen molar-refractivity contribution in [3.05, 3.63) is 48.2 Å². The van der Waals surface area contributed by atoms with Gasteiger partial charge in [0.15, 0.2) is 0 Å². The molecule has 94 valence electrons. The van der Waals surface area contributed by atoms with Gasteiger partial charge < -0.3 is 10.3 Å². The number of aromatic nitrogens is 3. The summed E-state index contributed by atoms with van der Waals surface area (Å²) in [5.74, 6) is 0.939. The maximum atomic E-state index is 5.79. The molecular formula is C14H12N4O. The highest BCUT2D eigenvalue weighted by Crippen LogP contribution is 2.23. The molecule has 2 N–H and O–H groups in total. The van der Waals surface area contributed by atoms with Gasteiger partial charge in [-0.05, 0) is 42.8 Å². The summed E-state index contributed by atoms with van der Waals surface area (Å²) in [5, 5.41) is 3.94. The van der Waals surface area contributed by atoms with E-state index in [4.69, 9.17) is 10.3 Å². The van der Waals surface area contributed by atoms with Crippen LogP contribution in [0.5, 0.6) is 0 Å². The summed E-state index contributed by atoms with van der Waals surface area (Å²) >= 11 is 0. The maximum absolute atomic E-state index is 5.79. The number of pyridine rings is 1. The summed E-state index contributed by atoms with van der Waals surface area (Å²) in [4.78, 5) is 8.52. The molecule has 1 aromatic carbocycles. The van der Waals surface area contributed by atoms with Gasteiger partial charge in [0.05, 0.1) is 0 Å². The average molecular weight is 252 g/mol. The van der Waals surface area contributed by atoms with Crippen molar-refractivity contribution in [3.63, 3.8) is 0 Å². The van der Waals surface area contributed by atoms with Crippen LogP contribution < -0.4 is 5.73 Å². The van der Waals surface area contributed by atoms with Gasteiger partial charge in [-0.3, -0.25) is 4.98 Å². The summed E-state index contributed by atoms with van der Waals surface area (Å²) in [7, 11) is 0. The Bertz CT molecular complexity index is 706. The van der Waals surface area contributed by atoms with E-state index in [0.717, 1.165) is 16.8 Å². The van der Waals surface area contributed by atoms with E-state index < -0.39 is 0 Å². The predicted molar refractivity (Wildman–Crippen MR) is 72.1 cm³/mol. The number of hydrogen-bond donors (Lipinski definition) is 1. The molecule has 0 unspecified atom stereocenters. The second-order valence-electron chi connectivity index (χ2n) is 4.21. The highest BCUT2D eigenvalue weighted by Gasteiger charge is 2.11. The normalized spacial score (nSPS) is 10.6. The number of benzene rings is 1. The lowest BCUT2D eigenvalue weighted by molar-refractivity contribution is 0.432. The molecule has 0 aliphatic heterocycles. The third-order valence-electron chi connectivity index (χ3n) is 2.84. The molecule has 0 fully saturated rings. The van der Waals surface area contributed by atoms with Crippen molar-refractivity contribution in [3.8, 4) is 23.0 Å². The van der Waals surface area contributed by atoms with Crippen molar-refractivity contribution in [1.82, 2.24) is 15.1 Å². The van der Waals surface area contributed by atoms with Crippen molar-refractivity contribution < 1.29 is 4.52 Å². The molecule has 0 amide bonds. The summed E-state index contributed by atoms with van der Waals surface area (Å²) in [6.45, 7) is 1.94. The number of anilines is 1. The van der Waals surface area contributed by atoms with E-state index in [1.54, 1.807) is 6.20 Å². The van der Waals surface area contributed by atoms with E-state index in [1.165, 1.54) is 0 Å². The molecular weight excluding hydrogens is 240 g/mol. The van der Waals surface area contributed by atoms with Crippen LogP contribution in [0.4, 0.5) is 5.69 Å². The Morgan fingerprint density at radius 2 is 2.05 bits per heavy atom. The van der Waals surface area contributed by atoms with Gasteiger partial charge in [0.2, 0.25) is 5.82 Å². The molecule has 0 spiro atoms. The third-order valence-corrected chi connectivity index (χ3v) is 2.84. The molecule has 5 nitrogen and oxygen atoms in total. The molecule has 0 aliphatic rings. The maximum Gasteiger partial charge on any atom is 0.258 e. The Labute approximate surface area is 110 Å². The summed E-state index contributed by atoms with van der Waals surface area (Å²) in [6, 6.07) is 11.2. The fourth-order valence-electron chi connectivity index (χ4n) is 1.75. The van der Waals surface area contributed by atoms with Crippen LogP contribution in [-0.4, -0.2) is 15.1 Å². The lowest BCUT2D eigenvalue weighted by Crippen LogP contribution is -1.89. The molecule has 2 aromatic heterocycles. The minimum Gasteiger partial charge on any atom is -0.399 e. The first-order valence-electron chi connectivity index (χ1n) is 5.85.